The predicted molar refractivity (Wildman–Crippen MR) is 137 cm³/mol. The fourth-order valence-corrected chi connectivity index (χ4v) is 3.80. The highest BCUT2D eigenvalue weighted by Gasteiger charge is 2.12. The zero-order valence-electron chi connectivity index (χ0n) is 19.6. The summed E-state index contributed by atoms with van der Waals surface area (Å²) in [5.74, 6) is -0.615. The minimum absolute atomic E-state index is 0.000158. The molecule has 4 aromatic rings. The number of carbonyl (C=O) groups is 2. The van der Waals surface area contributed by atoms with Gasteiger partial charge in [0.15, 0.2) is 18.1 Å². The van der Waals surface area contributed by atoms with Crippen LogP contribution in [-0.4, -0.2) is 42.0 Å². The highest BCUT2D eigenvalue weighted by Crippen LogP contribution is 2.33. The molecule has 184 valence electrons. The first kappa shape index (κ1) is 24.6. The van der Waals surface area contributed by atoms with Crippen molar-refractivity contribution >= 4 is 33.5 Å². The standard InChI is InChI=1S/C29H26O7/c1-19(16-34-25-13-21-7-3-2-6-20(21)12-24(25)10-11-28(30)31)17-35-26-14-22-8-4-5-9-23(22)15-27(26)36-18-29(32)33/h2-9,12-15H,1,10-11,16-18H2,(H,30,31)(H,32,33). The lowest BCUT2D eigenvalue weighted by Crippen LogP contribution is -2.12. The summed E-state index contributed by atoms with van der Waals surface area (Å²) in [4.78, 5) is 22.1. The number of benzene rings is 4. The molecule has 0 radical (unpaired) electrons. The second-order valence-electron chi connectivity index (χ2n) is 8.36. The number of hydrogen-bond donors (Lipinski definition) is 2. The van der Waals surface area contributed by atoms with Gasteiger partial charge in [-0.25, -0.2) is 4.79 Å². The van der Waals surface area contributed by atoms with E-state index in [0.717, 1.165) is 27.1 Å². The van der Waals surface area contributed by atoms with Crippen LogP contribution in [0.4, 0.5) is 0 Å². The Kier molecular flexibility index (Phi) is 7.70. The smallest absolute Gasteiger partial charge is 0.341 e. The van der Waals surface area contributed by atoms with E-state index in [9.17, 15) is 9.59 Å². The minimum atomic E-state index is -1.08. The largest absolute Gasteiger partial charge is 0.489 e. The van der Waals surface area contributed by atoms with Gasteiger partial charge in [0.25, 0.3) is 0 Å². The van der Waals surface area contributed by atoms with E-state index in [-0.39, 0.29) is 19.6 Å². The van der Waals surface area contributed by atoms with Crippen molar-refractivity contribution in [2.45, 2.75) is 12.8 Å². The topological polar surface area (TPSA) is 102 Å². The van der Waals surface area contributed by atoms with E-state index in [1.807, 2.05) is 60.7 Å². The van der Waals surface area contributed by atoms with Gasteiger partial charge in [-0.1, -0.05) is 55.1 Å². The molecule has 2 N–H and O–H groups in total. The van der Waals surface area contributed by atoms with Crippen LogP contribution in [0.1, 0.15) is 12.0 Å². The summed E-state index contributed by atoms with van der Waals surface area (Å²) in [5, 5.41) is 22.0. The number of rotatable bonds is 12. The van der Waals surface area contributed by atoms with Crippen LogP contribution in [0.25, 0.3) is 21.5 Å². The van der Waals surface area contributed by atoms with Crippen molar-refractivity contribution in [2.24, 2.45) is 0 Å². The molecule has 0 atom stereocenters. The number of carboxylic acid groups (broad SMARTS) is 2. The molecule has 7 heteroatoms. The van der Waals surface area contributed by atoms with Crippen molar-refractivity contribution in [3.63, 3.8) is 0 Å². The predicted octanol–water partition coefficient (Wildman–Crippen LogP) is 5.49. The Balaban J connectivity index is 1.46. The Hall–Kier alpha value is -4.52. The zero-order chi connectivity index (χ0) is 25.5. The first-order chi connectivity index (χ1) is 17.4. The molecule has 0 aliphatic heterocycles. The Morgan fingerprint density at radius 3 is 1.58 bits per heavy atom. The van der Waals surface area contributed by atoms with Crippen molar-refractivity contribution < 1.29 is 34.0 Å². The van der Waals surface area contributed by atoms with E-state index in [1.165, 1.54) is 0 Å². The van der Waals surface area contributed by atoms with E-state index in [0.29, 0.717) is 29.2 Å². The van der Waals surface area contributed by atoms with Crippen LogP contribution >= 0.6 is 0 Å². The highest BCUT2D eigenvalue weighted by atomic mass is 16.5. The van der Waals surface area contributed by atoms with Crippen molar-refractivity contribution in [1.29, 1.82) is 0 Å². The van der Waals surface area contributed by atoms with Gasteiger partial charge in [0.2, 0.25) is 0 Å². The molecule has 0 bridgehead atoms. The van der Waals surface area contributed by atoms with Crippen molar-refractivity contribution in [3.8, 4) is 17.2 Å². The Morgan fingerprint density at radius 1 is 0.639 bits per heavy atom. The van der Waals surface area contributed by atoms with E-state index in [1.54, 1.807) is 12.1 Å². The third-order valence-electron chi connectivity index (χ3n) is 5.56. The van der Waals surface area contributed by atoms with E-state index in [2.05, 4.69) is 6.58 Å². The van der Waals surface area contributed by atoms with Crippen LogP contribution in [0, 0.1) is 0 Å². The molecule has 4 rings (SSSR count). The van der Waals surface area contributed by atoms with Gasteiger partial charge in [-0.3, -0.25) is 4.79 Å². The molecule has 0 heterocycles. The Bertz CT molecular complexity index is 1320. The molecule has 4 aromatic carbocycles. The first-order valence-corrected chi connectivity index (χ1v) is 11.4. The summed E-state index contributed by atoms with van der Waals surface area (Å²) in [5.41, 5.74) is 1.45. The number of fused-ring (bicyclic) bond motifs is 2. The lowest BCUT2D eigenvalue weighted by Gasteiger charge is -2.16. The van der Waals surface area contributed by atoms with E-state index in [4.69, 9.17) is 24.4 Å². The molecule has 0 saturated carbocycles. The maximum absolute atomic E-state index is 11.1. The molecule has 36 heavy (non-hydrogen) atoms. The highest BCUT2D eigenvalue weighted by molar-refractivity contribution is 5.86. The van der Waals surface area contributed by atoms with Gasteiger partial charge in [-0.2, -0.15) is 0 Å². The summed E-state index contributed by atoms with van der Waals surface area (Å²) >= 11 is 0. The van der Waals surface area contributed by atoms with Gasteiger partial charge in [0, 0.05) is 6.42 Å². The summed E-state index contributed by atoms with van der Waals surface area (Å²) in [6.07, 6.45) is 0.347. The second-order valence-corrected chi connectivity index (χ2v) is 8.36. The molecule has 0 saturated heterocycles. The molecular formula is C29H26O7. The molecular weight excluding hydrogens is 460 g/mol. The third kappa shape index (κ3) is 6.33. The normalized spacial score (nSPS) is 10.8. The van der Waals surface area contributed by atoms with Gasteiger partial charge in [-0.05, 0) is 63.4 Å². The van der Waals surface area contributed by atoms with Gasteiger partial charge in [0.05, 0.1) is 0 Å². The number of carboxylic acids is 2. The molecule has 0 aliphatic rings. The van der Waals surface area contributed by atoms with Gasteiger partial charge >= 0.3 is 11.9 Å². The first-order valence-electron chi connectivity index (χ1n) is 11.4. The maximum atomic E-state index is 11.1. The average Bonchev–Trinajstić information content (AvgIpc) is 2.87. The molecule has 0 amide bonds. The number of ether oxygens (including phenoxy) is 3. The quantitative estimate of drug-likeness (QED) is 0.255. The van der Waals surface area contributed by atoms with Crippen LogP contribution in [0.3, 0.4) is 0 Å². The number of aliphatic carboxylic acids is 2. The molecule has 0 unspecified atom stereocenters. The van der Waals surface area contributed by atoms with Crippen LogP contribution < -0.4 is 14.2 Å². The molecule has 0 aliphatic carbocycles. The van der Waals surface area contributed by atoms with E-state index < -0.39 is 18.5 Å². The fraction of sp³-hybridized carbons (Fsp3) is 0.172. The summed E-state index contributed by atoms with van der Waals surface area (Å²) in [6.45, 7) is 3.84. The second kappa shape index (κ2) is 11.3. The summed E-state index contributed by atoms with van der Waals surface area (Å²) in [6, 6.07) is 22.9. The SMILES string of the molecule is C=C(COc1cc2ccccc2cc1CCC(=O)O)COc1cc2ccccc2cc1OCC(=O)O. The molecule has 0 aromatic heterocycles. The van der Waals surface area contributed by atoms with Crippen LogP contribution in [0.5, 0.6) is 17.2 Å². The summed E-state index contributed by atoms with van der Waals surface area (Å²) < 4.78 is 17.4. The Morgan fingerprint density at radius 2 is 1.08 bits per heavy atom. The minimum Gasteiger partial charge on any atom is -0.489 e. The average molecular weight is 487 g/mol. The van der Waals surface area contributed by atoms with Crippen LogP contribution in [0.2, 0.25) is 0 Å². The number of hydrogen-bond acceptors (Lipinski definition) is 5. The van der Waals surface area contributed by atoms with Crippen molar-refractivity contribution in [3.05, 3.63) is 90.5 Å². The van der Waals surface area contributed by atoms with Crippen molar-refractivity contribution in [1.82, 2.24) is 0 Å². The third-order valence-corrected chi connectivity index (χ3v) is 5.56. The molecule has 0 spiro atoms. The fourth-order valence-electron chi connectivity index (χ4n) is 3.80. The monoisotopic (exact) mass is 486 g/mol. The summed E-state index contributed by atoms with van der Waals surface area (Å²) in [7, 11) is 0. The molecule has 7 nitrogen and oxygen atoms in total. The van der Waals surface area contributed by atoms with E-state index >= 15 is 0 Å². The lowest BCUT2D eigenvalue weighted by molar-refractivity contribution is -0.139. The maximum Gasteiger partial charge on any atom is 0.341 e. The van der Waals surface area contributed by atoms with Gasteiger partial charge in [-0.15, -0.1) is 0 Å². The lowest BCUT2D eigenvalue weighted by atomic mass is 10.0. The molecule has 0 fully saturated rings. The van der Waals surface area contributed by atoms with Gasteiger partial charge in [0.1, 0.15) is 19.0 Å². The van der Waals surface area contributed by atoms with Crippen molar-refractivity contribution in [2.75, 3.05) is 19.8 Å². The van der Waals surface area contributed by atoms with Crippen LogP contribution in [-0.2, 0) is 16.0 Å². The van der Waals surface area contributed by atoms with Crippen LogP contribution in [0.15, 0.2) is 84.9 Å². The van der Waals surface area contributed by atoms with Gasteiger partial charge < -0.3 is 24.4 Å². The zero-order valence-corrected chi connectivity index (χ0v) is 19.6. The Labute approximate surface area is 208 Å². The number of aryl methyl sites for hydroxylation is 1.